The van der Waals surface area contributed by atoms with Crippen molar-refractivity contribution in [3.63, 3.8) is 0 Å². The van der Waals surface area contributed by atoms with Crippen LogP contribution in [0.4, 0.5) is 15.8 Å². The second-order valence-corrected chi connectivity index (χ2v) is 8.73. The van der Waals surface area contributed by atoms with Gasteiger partial charge in [0.2, 0.25) is 10.0 Å². The van der Waals surface area contributed by atoms with Crippen molar-refractivity contribution in [1.29, 1.82) is 0 Å². The number of thiocarbonyl (C=S) groups is 1. The number of halogens is 1. The molecule has 0 amide bonds. The molecular weight excluding hydrogens is 401 g/mol. The number of benzene rings is 2. The first kappa shape index (κ1) is 20.5. The fraction of sp³-hybridized carbons (Fsp3) is 0.316. The van der Waals surface area contributed by atoms with Crippen molar-refractivity contribution in [1.82, 2.24) is 4.31 Å². The average molecular weight is 424 g/mol. The summed E-state index contributed by atoms with van der Waals surface area (Å²) in [4.78, 5) is 0.108. The van der Waals surface area contributed by atoms with Gasteiger partial charge in [-0.05, 0) is 61.5 Å². The van der Waals surface area contributed by atoms with Gasteiger partial charge < -0.3 is 15.4 Å². The SMILES string of the molecule is COc1ccc(NC(=S)Nc2ccc(F)cc2)c(S(=O)(=O)N2CCCCC2)c1. The molecule has 0 saturated carbocycles. The van der Waals surface area contributed by atoms with E-state index in [1.165, 1.54) is 29.6 Å². The van der Waals surface area contributed by atoms with Gasteiger partial charge in [0, 0.05) is 24.8 Å². The molecule has 6 nitrogen and oxygen atoms in total. The van der Waals surface area contributed by atoms with Gasteiger partial charge in [-0.1, -0.05) is 6.42 Å². The number of hydrogen-bond donors (Lipinski definition) is 2. The summed E-state index contributed by atoms with van der Waals surface area (Å²) in [6.07, 6.45) is 2.72. The maximum atomic E-state index is 13.2. The molecule has 2 aromatic rings. The number of hydrogen-bond acceptors (Lipinski definition) is 4. The Morgan fingerprint density at radius 1 is 1.07 bits per heavy atom. The quantitative estimate of drug-likeness (QED) is 0.713. The lowest BCUT2D eigenvalue weighted by atomic mass is 10.2. The molecule has 1 saturated heterocycles. The number of methoxy groups -OCH3 is 1. The first-order valence-corrected chi connectivity index (χ1v) is 10.8. The molecule has 0 unspecified atom stereocenters. The summed E-state index contributed by atoms with van der Waals surface area (Å²) in [6.45, 7) is 0.995. The van der Waals surface area contributed by atoms with Crippen LogP contribution in [0.15, 0.2) is 47.4 Å². The molecule has 1 aliphatic heterocycles. The topological polar surface area (TPSA) is 70.7 Å². The number of sulfonamides is 1. The molecule has 1 fully saturated rings. The first-order chi connectivity index (χ1) is 13.4. The van der Waals surface area contributed by atoms with E-state index in [4.69, 9.17) is 17.0 Å². The second-order valence-electron chi connectivity index (χ2n) is 6.41. The molecule has 1 aliphatic rings. The van der Waals surface area contributed by atoms with E-state index in [9.17, 15) is 12.8 Å². The van der Waals surface area contributed by atoms with Crippen molar-refractivity contribution in [3.8, 4) is 5.75 Å². The van der Waals surface area contributed by atoms with Crippen LogP contribution in [0.2, 0.25) is 0 Å². The summed E-state index contributed by atoms with van der Waals surface area (Å²) < 4.78 is 46.1. The lowest BCUT2D eigenvalue weighted by Gasteiger charge is -2.27. The maximum Gasteiger partial charge on any atom is 0.245 e. The third-order valence-electron chi connectivity index (χ3n) is 4.47. The predicted octanol–water partition coefficient (Wildman–Crippen LogP) is 3.82. The molecule has 0 atom stereocenters. The smallest absolute Gasteiger partial charge is 0.245 e. The van der Waals surface area contributed by atoms with Crippen LogP contribution in [0.3, 0.4) is 0 Å². The van der Waals surface area contributed by atoms with Crippen LogP contribution in [0, 0.1) is 5.82 Å². The van der Waals surface area contributed by atoms with E-state index in [0.717, 1.165) is 19.3 Å². The molecule has 2 N–H and O–H groups in total. The third-order valence-corrected chi connectivity index (χ3v) is 6.61. The first-order valence-electron chi connectivity index (χ1n) is 8.92. The summed E-state index contributed by atoms with van der Waals surface area (Å²) >= 11 is 5.30. The number of nitrogens with zero attached hydrogens (tertiary/aromatic N) is 1. The monoisotopic (exact) mass is 423 g/mol. The second kappa shape index (κ2) is 8.85. The van der Waals surface area contributed by atoms with Crippen LogP contribution in [-0.4, -0.2) is 38.0 Å². The molecule has 9 heteroatoms. The Labute approximate surface area is 169 Å². The maximum absolute atomic E-state index is 13.2. The van der Waals surface area contributed by atoms with Crippen molar-refractivity contribution in [2.24, 2.45) is 0 Å². The van der Waals surface area contributed by atoms with Crippen molar-refractivity contribution >= 4 is 38.7 Å². The van der Waals surface area contributed by atoms with E-state index in [-0.39, 0.29) is 15.8 Å². The number of nitrogens with one attached hydrogen (secondary N) is 2. The van der Waals surface area contributed by atoms with Crippen LogP contribution < -0.4 is 15.4 Å². The van der Waals surface area contributed by atoms with E-state index in [0.29, 0.717) is 30.2 Å². The Morgan fingerprint density at radius 2 is 1.75 bits per heavy atom. The summed E-state index contributed by atoms with van der Waals surface area (Å²) in [5.74, 6) is 0.0908. The molecule has 28 heavy (non-hydrogen) atoms. The molecule has 0 spiro atoms. The highest BCUT2D eigenvalue weighted by Gasteiger charge is 2.29. The van der Waals surface area contributed by atoms with Gasteiger partial charge in [0.25, 0.3) is 0 Å². The van der Waals surface area contributed by atoms with E-state index in [2.05, 4.69) is 10.6 Å². The van der Waals surface area contributed by atoms with Gasteiger partial charge in [-0.3, -0.25) is 0 Å². The Morgan fingerprint density at radius 3 is 2.39 bits per heavy atom. The molecule has 2 aromatic carbocycles. The minimum Gasteiger partial charge on any atom is -0.497 e. The summed E-state index contributed by atoms with van der Waals surface area (Å²) in [7, 11) is -2.21. The Kier molecular flexibility index (Phi) is 6.48. The zero-order valence-electron chi connectivity index (χ0n) is 15.4. The van der Waals surface area contributed by atoms with E-state index < -0.39 is 10.0 Å². The summed E-state index contributed by atoms with van der Waals surface area (Å²) in [5.41, 5.74) is 0.943. The fourth-order valence-electron chi connectivity index (χ4n) is 3.01. The lowest BCUT2D eigenvalue weighted by molar-refractivity contribution is 0.346. The number of ether oxygens (including phenoxy) is 1. The third kappa shape index (κ3) is 4.78. The minimum atomic E-state index is -3.70. The Hall–Kier alpha value is -2.23. The van der Waals surface area contributed by atoms with Crippen molar-refractivity contribution in [2.75, 3.05) is 30.8 Å². The zero-order chi connectivity index (χ0) is 20.1. The Balaban J connectivity index is 1.86. The van der Waals surface area contributed by atoms with E-state index in [1.54, 1.807) is 24.3 Å². The zero-order valence-corrected chi connectivity index (χ0v) is 17.1. The number of piperidine rings is 1. The Bertz CT molecular complexity index is 943. The van der Waals surface area contributed by atoms with Crippen molar-refractivity contribution in [2.45, 2.75) is 24.2 Å². The highest BCUT2D eigenvalue weighted by molar-refractivity contribution is 7.89. The van der Waals surface area contributed by atoms with Crippen LogP contribution in [0.25, 0.3) is 0 Å². The van der Waals surface area contributed by atoms with Crippen LogP contribution in [-0.2, 0) is 10.0 Å². The molecule has 0 aliphatic carbocycles. The van der Waals surface area contributed by atoms with Gasteiger partial charge in [-0.25, -0.2) is 12.8 Å². The standard InChI is InChI=1S/C19H22FN3O3S2/c1-26-16-9-10-17(22-19(27)21-15-7-5-14(20)6-8-15)18(13-16)28(24,25)23-11-3-2-4-12-23/h5-10,13H,2-4,11-12H2,1H3,(H2,21,22,27). The highest BCUT2D eigenvalue weighted by Crippen LogP contribution is 2.30. The fourth-order valence-corrected chi connectivity index (χ4v) is 4.92. The van der Waals surface area contributed by atoms with Crippen LogP contribution in [0.5, 0.6) is 5.75 Å². The normalized spacial score (nSPS) is 15.1. The van der Waals surface area contributed by atoms with E-state index in [1.807, 2.05) is 0 Å². The van der Waals surface area contributed by atoms with Crippen molar-refractivity contribution < 1.29 is 17.5 Å². The molecule has 150 valence electrons. The summed E-state index contributed by atoms with van der Waals surface area (Å²) in [6, 6.07) is 10.5. The molecule has 3 rings (SSSR count). The number of rotatable bonds is 5. The van der Waals surface area contributed by atoms with Gasteiger partial charge >= 0.3 is 0 Å². The average Bonchev–Trinajstić information content (AvgIpc) is 2.70. The minimum absolute atomic E-state index is 0.108. The van der Waals surface area contributed by atoms with Gasteiger partial charge in [0.15, 0.2) is 5.11 Å². The number of anilines is 2. The van der Waals surface area contributed by atoms with Crippen molar-refractivity contribution in [3.05, 3.63) is 48.3 Å². The summed E-state index contributed by atoms with van der Waals surface area (Å²) in [5, 5.41) is 6.05. The van der Waals surface area contributed by atoms with Gasteiger partial charge in [0.05, 0.1) is 12.8 Å². The van der Waals surface area contributed by atoms with Gasteiger partial charge in [-0.15, -0.1) is 0 Å². The van der Waals surface area contributed by atoms with Crippen LogP contribution >= 0.6 is 12.2 Å². The van der Waals surface area contributed by atoms with Gasteiger partial charge in [0.1, 0.15) is 16.5 Å². The highest BCUT2D eigenvalue weighted by atomic mass is 32.2. The largest absolute Gasteiger partial charge is 0.497 e. The molecule has 0 bridgehead atoms. The molecule has 1 heterocycles. The predicted molar refractivity (Wildman–Crippen MR) is 112 cm³/mol. The van der Waals surface area contributed by atoms with Gasteiger partial charge in [-0.2, -0.15) is 4.31 Å². The van der Waals surface area contributed by atoms with Crippen LogP contribution in [0.1, 0.15) is 19.3 Å². The molecule has 0 radical (unpaired) electrons. The van der Waals surface area contributed by atoms with E-state index >= 15 is 0 Å². The molecule has 0 aromatic heterocycles. The molecular formula is C19H22FN3O3S2. The lowest BCUT2D eigenvalue weighted by Crippen LogP contribution is -2.36.